The van der Waals surface area contributed by atoms with Gasteiger partial charge in [-0.05, 0) is 19.3 Å². The van der Waals surface area contributed by atoms with E-state index in [0.29, 0.717) is 19.3 Å². The number of nitrogens with one attached hydrogen (secondary N) is 1. The third-order valence-corrected chi connectivity index (χ3v) is 7.85. The summed E-state index contributed by atoms with van der Waals surface area (Å²) >= 11 is 1.36. The molecule has 0 radical (unpaired) electrons. The smallest absolute Gasteiger partial charge is 0.308 e. The number of carboxylic acid groups (broad SMARTS) is 1. The van der Waals surface area contributed by atoms with E-state index in [1.54, 1.807) is 0 Å². The molecule has 1 amide bonds. The molecule has 0 aromatic heterocycles. The molecule has 1 aliphatic carbocycles. The minimum absolute atomic E-state index is 0.0154. The van der Waals surface area contributed by atoms with E-state index in [2.05, 4.69) is 5.32 Å². The lowest BCUT2D eigenvalue weighted by atomic mass is 9.87. The van der Waals surface area contributed by atoms with Crippen LogP contribution in [0.2, 0.25) is 0 Å². The molecule has 2 rings (SSSR count). The number of hydrogen-bond acceptors (Lipinski definition) is 5. The average molecular weight is 364 g/mol. The molecule has 0 aromatic rings. The lowest BCUT2D eigenvalue weighted by Gasteiger charge is -2.27. The third kappa shape index (κ3) is 5.99. The second-order valence-corrected chi connectivity index (χ2v) is 9.96. The zero-order valence-electron chi connectivity index (χ0n) is 13.2. The summed E-state index contributed by atoms with van der Waals surface area (Å²) in [4.78, 5) is 23.5. The van der Waals surface area contributed by atoms with E-state index in [1.807, 2.05) is 0 Å². The van der Waals surface area contributed by atoms with E-state index in [0.717, 1.165) is 25.7 Å². The first-order valence-corrected chi connectivity index (χ1v) is 11.1. The van der Waals surface area contributed by atoms with E-state index >= 15 is 0 Å². The normalized spacial score (nSPS) is 31.0. The summed E-state index contributed by atoms with van der Waals surface area (Å²) in [5, 5.41) is 12.2. The molecular weight excluding hydrogens is 338 g/mol. The Hall–Kier alpha value is -0.760. The van der Waals surface area contributed by atoms with Gasteiger partial charge >= 0.3 is 5.97 Å². The SMILES string of the molecule is O=C(CSC1CCS(=O)(=O)C1)NC1CCCCCCC1C(=O)O. The second-order valence-electron chi connectivity index (χ2n) is 6.45. The largest absolute Gasteiger partial charge is 0.481 e. The highest BCUT2D eigenvalue weighted by molar-refractivity contribution is 8.02. The van der Waals surface area contributed by atoms with Gasteiger partial charge < -0.3 is 10.4 Å². The summed E-state index contributed by atoms with van der Waals surface area (Å²) in [6.45, 7) is 0. The van der Waals surface area contributed by atoms with Crippen LogP contribution >= 0.6 is 11.8 Å². The van der Waals surface area contributed by atoms with Crippen LogP contribution in [0.1, 0.15) is 44.9 Å². The molecule has 2 aliphatic rings. The van der Waals surface area contributed by atoms with Gasteiger partial charge in [0.05, 0.1) is 23.2 Å². The molecule has 6 nitrogen and oxygen atoms in total. The molecular formula is C15H25NO5S2. The van der Waals surface area contributed by atoms with Gasteiger partial charge in [0.15, 0.2) is 9.84 Å². The van der Waals surface area contributed by atoms with Crippen molar-refractivity contribution in [3.63, 3.8) is 0 Å². The number of rotatable bonds is 5. The van der Waals surface area contributed by atoms with Crippen molar-refractivity contribution < 1.29 is 23.1 Å². The van der Waals surface area contributed by atoms with E-state index < -0.39 is 21.7 Å². The van der Waals surface area contributed by atoms with E-state index in [1.165, 1.54) is 11.8 Å². The quantitative estimate of drug-likeness (QED) is 0.767. The number of thioether (sulfide) groups is 1. The Balaban J connectivity index is 1.82. The van der Waals surface area contributed by atoms with Crippen LogP contribution in [0, 0.1) is 5.92 Å². The van der Waals surface area contributed by atoms with Crippen LogP contribution in [0.15, 0.2) is 0 Å². The Morgan fingerprint density at radius 2 is 1.78 bits per heavy atom. The van der Waals surface area contributed by atoms with Crippen molar-refractivity contribution in [2.24, 2.45) is 5.92 Å². The number of carbonyl (C=O) groups is 2. The maximum absolute atomic E-state index is 12.1. The minimum atomic E-state index is -2.93. The van der Waals surface area contributed by atoms with Crippen LogP contribution in [0.25, 0.3) is 0 Å². The van der Waals surface area contributed by atoms with Crippen molar-refractivity contribution in [3.05, 3.63) is 0 Å². The molecule has 8 heteroatoms. The van der Waals surface area contributed by atoms with Crippen LogP contribution in [0.5, 0.6) is 0 Å². The number of carbonyl (C=O) groups excluding carboxylic acids is 1. The van der Waals surface area contributed by atoms with Crippen molar-refractivity contribution in [1.82, 2.24) is 5.32 Å². The fraction of sp³-hybridized carbons (Fsp3) is 0.867. The first-order valence-electron chi connectivity index (χ1n) is 8.21. The Kier molecular flexibility index (Phi) is 6.76. The van der Waals surface area contributed by atoms with Gasteiger partial charge in [-0.2, -0.15) is 0 Å². The maximum Gasteiger partial charge on any atom is 0.308 e. The molecule has 0 bridgehead atoms. The van der Waals surface area contributed by atoms with Gasteiger partial charge in [0.25, 0.3) is 0 Å². The maximum atomic E-state index is 12.1. The molecule has 23 heavy (non-hydrogen) atoms. The van der Waals surface area contributed by atoms with Crippen molar-refractivity contribution in [2.75, 3.05) is 17.3 Å². The molecule has 0 spiro atoms. The number of carboxylic acids is 1. The minimum Gasteiger partial charge on any atom is -0.481 e. The fourth-order valence-corrected chi connectivity index (χ4v) is 6.74. The van der Waals surface area contributed by atoms with Gasteiger partial charge in [0.2, 0.25) is 5.91 Å². The Morgan fingerprint density at radius 1 is 1.09 bits per heavy atom. The summed E-state index contributed by atoms with van der Waals surface area (Å²) in [6, 6.07) is -0.312. The molecule has 3 atom stereocenters. The number of hydrogen-bond donors (Lipinski definition) is 2. The third-order valence-electron chi connectivity index (χ3n) is 4.57. The highest BCUT2D eigenvalue weighted by Crippen LogP contribution is 2.25. The number of sulfone groups is 1. The first-order chi connectivity index (χ1) is 10.9. The highest BCUT2D eigenvalue weighted by atomic mass is 32.2. The second kappa shape index (κ2) is 8.37. The highest BCUT2D eigenvalue weighted by Gasteiger charge is 2.31. The summed E-state index contributed by atoms with van der Waals surface area (Å²) in [6.07, 6.45) is 5.85. The molecule has 1 aliphatic heterocycles. The zero-order valence-corrected chi connectivity index (χ0v) is 14.8. The number of aliphatic carboxylic acids is 1. The monoisotopic (exact) mass is 363 g/mol. The molecule has 132 valence electrons. The topological polar surface area (TPSA) is 101 Å². The Morgan fingerprint density at radius 3 is 2.39 bits per heavy atom. The van der Waals surface area contributed by atoms with Crippen LogP contribution in [-0.2, 0) is 19.4 Å². The standard InChI is InChI=1S/C15H25NO5S2/c17-14(9-22-11-7-8-23(20,21)10-11)16-13-6-4-2-1-3-5-12(13)15(18)19/h11-13H,1-10H2,(H,16,17)(H,18,19). The summed E-state index contributed by atoms with van der Waals surface area (Å²) in [5.41, 5.74) is 0. The van der Waals surface area contributed by atoms with Gasteiger partial charge in [-0.15, -0.1) is 11.8 Å². The van der Waals surface area contributed by atoms with Gasteiger partial charge in [-0.25, -0.2) is 8.42 Å². The molecule has 1 heterocycles. The Bertz CT molecular complexity index is 534. The summed E-state index contributed by atoms with van der Waals surface area (Å²) in [7, 11) is -2.93. The van der Waals surface area contributed by atoms with Gasteiger partial charge in [-0.3, -0.25) is 9.59 Å². The summed E-state index contributed by atoms with van der Waals surface area (Å²) < 4.78 is 22.8. The van der Waals surface area contributed by atoms with Gasteiger partial charge in [0, 0.05) is 11.3 Å². The number of amides is 1. The van der Waals surface area contributed by atoms with Crippen molar-refractivity contribution in [3.8, 4) is 0 Å². The molecule has 3 unspecified atom stereocenters. The van der Waals surface area contributed by atoms with Crippen LogP contribution in [0.3, 0.4) is 0 Å². The Labute approximate surface area is 141 Å². The van der Waals surface area contributed by atoms with Crippen molar-refractivity contribution in [1.29, 1.82) is 0 Å². The van der Waals surface area contributed by atoms with Crippen LogP contribution < -0.4 is 5.32 Å². The molecule has 1 saturated heterocycles. The first kappa shape index (κ1) is 18.6. The lowest BCUT2D eigenvalue weighted by molar-refractivity contribution is -0.143. The lowest BCUT2D eigenvalue weighted by Crippen LogP contribution is -2.44. The average Bonchev–Trinajstić information content (AvgIpc) is 2.79. The van der Waals surface area contributed by atoms with E-state index in [4.69, 9.17) is 0 Å². The fourth-order valence-electron chi connectivity index (χ4n) is 3.29. The van der Waals surface area contributed by atoms with Crippen LogP contribution in [-0.4, -0.2) is 54.0 Å². The predicted molar refractivity (Wildman–Crippen MR) is 90.3 cm³/mol. The zero-order chi connectivity index (χ0) is 16.9. The van der Waals surface area contributed by atoms with Crippen LogP contribution in [0.4, 0.5) is 0 Å². The van der Waals surface area contributed by atoms with Gasteiger partial charge in [0.1, 0.15) is 0 Å². The van der Waals surface area contributed by atoms with E-state index in [9.17, 15) is 23.1 Å². The molecule has 2 N–H and O–H groups in total. The van der Waals surface area contributed by atoms with Gasteiger partial charge in [-0.1, -0.05) is 25.7 Å². The predicted octanol–water partition coefficient (Wildman–Crippen LogP) is 1.45. The molecule has 1 saturated carbocycles. The van der Waals surface area contributed by atoms with Crippen molar-refractivity contribution >= 4 is 33.5 Å². The molecule has 0 aromatic carbocycles. The molecule has 2 fully saturated rings. The van der Waals surface area contributed by atoms with Crippen molar-refractivity contribution in [2.45, 2.75) is 56.2 Å². The summed E-state index contributed by atoms with van der Waals surface area (Å²) in [5.74, 6) is -0.996. The van der Waals surface area contributed by atoms with E-state index in [-0.39, 0.29) is 34.5 Å².